The first-order valence-electron chi connectivity index (χ1n) is 3.42. The van der Waals surface area contributed by atoms with Gasteiger partial charge in [0.15, 0.2) is 0 Å². The highest BCUT2D eigenvalue weighted by atomic mass is 35.5. The van der Waals surface area contributed by atoms with Crippen LogP contribution in [0.15, 0.2) is 0 Å². The number of methoxy groups -OCH3 is 1. The lowest BCUT2D eigenvalue weighted by atomic mass is 9.90. The number of alkyl halides is 1. The third-order valence-corrected chi connectivity index (χ3v) is 2.26. The zero-order valence-electron chi connectivity index (χ0n) is 7.06. The Morgan fingerprint density at radius 3 is 2.27 bits per heavy atom. The first kappa shape index (κ1) is 10.7. The molecule has 0 aliphatic carbocycles. The van der Waals surface area contributed by atoms with Gasteiger partial charge in [-0.2, -0.15) is 0 Å². The van der Waals surface area contributed by atoms with Gasteiger partial charge in [0.25, 0.3) is 0 Å². The lowest BCUT2D eigenvalue weighted by Crippen LogP contribution is -2.54. The van der Waals surface area contributed by atoms with Gasteiger partial charge < -0.3 is 10.5 Å². The molecule has 0 aromatic heterocycles. The van der Waals surface area contributed by atoms with Crippen molar-refractivity contribution < 1.29 is 9.53 Å². The predicted octanol–water partition coefficient (Wildman–Crippen LogP) is 0.752. The molecule has 0 rings (SSSR count). The van der Waals surface area contributed by atoms with Crippen LogP contribution in [0.25, 0.3) is 0 Å². The Labute approximate surface area is 71.8 Å². The molecule has 0 heterocycles. The average molecular weight is 180 g/mol. The van der Waals surface area contributed by atoms with Gasteiger partial charge in [0.1, 0.15) is 5.54 Å². The molecule has 0 saturated carbocycles. The molecule has 4 heteroatoms. The quantitative estimate of drug-likeness (QED) is 0.514. The molecule has 66 valence electrons. The second kappa shape index (κ2) is 3.93. The van der Waals surface area contributed by atoms with E-state index in [9.17, 15) is 4.79 Å². The van der Waals surface area contributed by atoms with Gasteiger partial charge in [0, 0.05) is 0 Å². The van der Waals surface area contributed by atoms with Gasteiger partial charge in [-0.1, -0.05) is 13.8 Å². The van der Waals surface area contributed by atoms with Crippen LogP contribution in [0.1, 0.15) is 13.8 Å². The van der Waals surface area contributed by atoms with Crippen LogP contribution < -0.4 is 5.73 Å². The van der Waals surface area contributed by atoms with Crippen molar-refractivity contribution in [3.8, 4) is 0 Å². The Hall–Kier alpha value is -0.280. The fourth-order valence-corrected chi connectivity index (χ4v) is 1.05. The van der Waals surface area contributed by atoms with Crippen molar-refractivity contribution in [2.45, 2.75) is 19.4 Å². The van der Waals surface area contributed by atoms with Gasteiger partial charge in [-0.25, -0.2) is 0 Å². The lowest BCUT2D eigenvalue weighted by Gasteiger charge is -2.27. The Morgan fingerprint density at radius 1 is 1.73 bits per heavy atom. The van der Waals surface area contributed by atoms with E-state index in [1.54, 1.807) is 0 Å². The zero-order chi connectivity index (χ0) is 9.07. The highest BCUT2D eigenvalue weighted by molar-refractivity contribution is 6.20. The Morgan fingerprint density at radius 2 is 2.18 bits per heavy atom. The van der Waals surface area contributed by atoms with E-state index >= 15 is 0 Å². The number of carbonyl (C=O) groups is 1. The number of halogens is 1. The van der Waals surface area contributed by atoms with Crippen molar-refractivity contribution in [2.24, 2.45) is 11.7 Å². The van der Waals surface area contributed by atoms with Gasteiger partial charge >= 0.3 is 5.97 Å². The number of rotatable bonds is 3. The van der Waals surface area contributed by atoms with E-state index < -0.39 is 11.5 Å². The van der Waals surface area contributed by atoms with E-state index in [-0.39, 0.29) is 11.8 Å². The zero-order valence-corrected chi connectivity index (χ0v) is 7.81. The van der Waals surface area contributed by atoms with Crippen LogP contribution in [-0.2, 0) is 9.53 Å². The van der Waals surface area contributed by atoms with Crippen molar-refractivity contribution in [2.75, 3.05) is 13.0 Å². The smallest absolute Gasteiger partial charge is 0.327 e. The number of carbonyl (C=O) groups excluding carboxylic acids is 1. The van der Waals surface area contributed by atoms with Crippen LogP contribution in [0, 0.1) is 5.92 Å². The molecule has 0 fully saturated rings. The topological polar surface area (TPSA) is 52.3 Å². The van der Waals surface area contributed by atoms with Crippen molar-refractivity contribution >= 4 is 17.6 Å². The average Bonchev–Trinajstić information content (AvgIpc) is 2.01. The van der Waals surface area contributed by atoms with Crippen LogP contribution in [0.4, 0.5) is 0 Å². The summed E-state index contributed by atoms with van der Waals surface area (Å²) < 4.78 is 4.52. The van der Waals surface area contributed by atoms with Crippen molar-refractivity contribution in [3.63, 3.8) is 0 Å². The fraction of sp³-hybridized carbons (Fsp3) is 0.857. The molecule has 0 aromatic rings. The molecule has 0 bridgehead atoms. The summed E-state index contributed by atoms with van der Waals surface area (Å²) in [6.45, 7) is 3.67. The largest absolute Gasteiger partial charge is 0.468 e. The molecular weight excluding hydrogens is 166 g/mol. The van der Waals surface area contributed by atoms with Crippen molar-refractivity contribution in [1.82, 2.24) is 0 Å². The molecule has 2 N–H and O–H groups in total. The maximum Gasteiger partial charge on any atom is 0.327 e. The monoisotopic (exact) mass is 179 g/mol. The molecule has 0 aromatic carbocycles. The number of nitrogens with two attached hydrogens (primary N) is 1. The maximum atomic E-state index is 11.1. The van der Waals surface area contributed by atoms with Crippen LogP contribution >= 0.6 is 11.6 Å². The highest BCUT2D eigenvalue weighted by Crippen LogP contribution is 2.17. The summed E-state index contributed by atoms with van der Waals surface area (Å²) in [6, 6.07) is 0. The van der Waals surface area contributed by atoms with Gasteiger partial charge in [0.2, 0.25) is 0 Å². The fourth-order valence-electron chi connectivity index (χ4n) is 0.635. The molecule has 3 nitrogen and oxygen atoms in total. The molecule has 11 heavy (non-hydrogen) atoms. The van der Waals surface area contributed by atoms with Gasteiger partial charge in [-0.05, 0) is 5.92 Å². The van der Waals surface area contributed by atoms with E-state index in [0.717, 1.165) is 0 Å². The molecule has 0 amide bonds. The molecular formula is C7H14ClNO2. The minimum absolute atomic E-state index is 0.0209. The summed E-state index contributed by atoms with van der Waals surface area (Å²) in [5.74, 6) is -0.396. The summed E-state index contributed by atoms with van der Waals surface area (Å²) in [5.41, 5.74) is 4.64. The predicted molar refractivity (Wildman–Crippen MR) is 44.5 cm³/mol. The van der Waals surface area contributed by atoms with E-state index in [2.05, 4.69) is 4.74 Å². The maximum absolute atomic E-state index is 11.1. The molecule has 0 radical (unpaired) electrons. The first-order chi connectivity index (χ1) is 4.99. The molecule has 0 spiro atoms. The molecule has 0 aliphatic heterocycles. The Bertz CT molecular complexity index is 149. The SMILES string of the molecule is COC(=O)C(N)(CCl)C(C)C. The molecule has 0 aliphatic rings. The lowest BCUT2D eigenvalue weighted by molar-refractivity contribution is -0.147. The van der Waals surface area contributed by atoms with Crippen molar-refractivity contribution in [3.05, 3.63) is 0 Å². The molecule has 0 saturated heterocycles. The third-order valence-electron chi connectivity index (χ3n) is 1.82. The number of hydrogen-bond donors (Lipinski definition) is 1. The minimum Gasteiger partial charge on any atom is -0.468 e. The molecule has 1 atom stereocenters. The van der Waals surface area contributed by atoms with E-state index in [4.69, 9.17) is 17.3 Å². The first-order valence-corrected chi connectivity index (χ1v) is 3.95. The van der Waals surface area contributed by atoms with E-state index in [1.165, 1.54) is 7.11 Å². The van der Waals surface area contributed by atoms with Gasteiger partial charge in [-0.3, -0.25) is 4.79 Å². The number of ether oxygens (including phenoxy) is 1. The normalized spacial score (nSPS) is 16.2. The molecule has 1 unspecified atom stereocenters. The number of hydrogen-bond acceptors (Lipinski definition) is 3. The Kier molecular flexibility index (Phi) is 3.83. The van der Waals surface area contributed by atoms with E-state index in [0.29, 0.717) is 0 Å². The van der Waals surface area contributed by atoms with Gasteiger partial charge in [-0.15, -0.1) is 11.6 Å². The van der Waals surface area contributed by atoms with E-state index in [1.807, 2.05) is 13.8 Å². The summed E-state index contributed by atoms with van der Waals surface area (Å²) in [4.78, 5) is 11.1. The summed E-state index contributed by atoms with van der Waals surface area (Å²) in [5, 5.41) is 0. The van der Waals surface area contributed by atoms with Crippen LogP contribution in [-0.4, -0.2) is 24.5 Å². The summed E-state index contributed by atoms with van der Waals surface area (Å²) in [7, 11) is 1.30. The van der Waals surface area contributed by atoms with Crippen LogP contribution in [0.5, 0.6) is 0 Å². The Balaban J connectivity index is 4.45. The second-order valence-electron chi connectivity index (χ2n) is 2.82. The standard InChI is InChI=1S/C7H14ClNO2/c1-5(2)7(9,4-8)6(10)11-3/h5H,4,9H2,1-3H3. The summed E-state index contributed by atoms with van der Waals surface area (Å²) in [6.07, 6.45) is 0. The van der Waals surface area contributed by atoms with Crippen LogP contribution in [0.3, 0.4) is 0 Å². The third kappa shape index (κ3) is 2.07. The number of esters is 1. The van der Waals surface area contributed by atoms with Gasteiger partial charge in [0.05, 0.1) is 13.0 Å². The summed E-state index contributed by atoms with van der Waals surface area (Å²) >= 11 is 5.55. The van der Waals surface area contributed by atoms with Crippen molar-refractivity contribution in [1.29, 1.82) is 0 Å². The van der Waals surface area contributed by atoms with Crippen LogP contribution in [0.2, 0.25) is 0 Å². The second-order valence-corrected chi connectivity index (χ2v) is 3.09. The highest BCUT2D eigenvalue weighted by Gasteiger charge is 2.37. The minimum atomic E-state index is -1.05.